The van der Waals surface area contributed by atoms with Crippen molar-refractivity contribution in [1.29, 1.82) is 0 Å². The molecule has 0 bridgehead atoms. The average Bonchev–Trinajstić information content (AvgIpc) is 3.06. The Hall–Kier alpha value is -1.69. The van der Waals surface area contributed by atoms with E-state index in [1.807, 2.05) is 4.90 Å². The van der Waals surface area contributed by atoms with Crippen molar-refractivity contribution >= 4 is 24.3 Å². The van der Waals surface area contributed by atoms with Crippen molar-refractivity contribution in [2.24, 2.45) is 5.73 Å². The molecule has 3 heterocycles. The zero-order valence-electron chi connectivity index (χ0n) is 15.7. The van der Waals surface area contributed by atoms with Crippen LogP contribution in [-0.2, 0) is 15.7 Å². The van der Waals surface area contributed by atoms with Crippen LogP contribution >= 0.6 is 12.4 Å². The van der Waals surface area contributed by atoms with Gasteiger partial charge in [-0.25, -0.2) is 9.97 Å². The van der Waals surface area contributed by atoms with Crippen LogP contribution in [0.5, 0.6) is 0 Å². The molecule has 3 rings (SSSR count). The number of anilines is 1. The number of ether oxygens (including phenoxy) is 1. The molecule has 0 saturated carbocycles. The molecule has 0 radical (unpaired) electrons. The number of amides is 1. The van der Waals surface area contributed by atoms with E-state index in [2.05, 4.69) is 9.97 Å². The number of piperidine rings is 1. The van der Waals surface area contributed by atoms with Crippen LogP contribution in [0.15, 0.2) is 12.4 Å². The normalized spacial score (nSPS) is 22.0. The van der Waals surface area contributed by atoms with Crippen molar-refractivity contribution in [2.45, 2.75) is 43.6 Å². The Morgan fingerprint density at radius 2 is 1.83 bits per heavy atom. The van der Waals surface area contributed by atoms with Gasteiger partial charge in [-0.3, -0.25) is 4.79 Å². The summed E-state index contributed by atoms with van der Waals surface area (Å²) in [7, 11) is 0. The highest BCUT2D eigenvalue weighted by Crippen LogP contribution is 2.29. The zero-order valence-corrected chi connectivity index (χ0v) is 16.5. The molecule has 0 aromatic carbocycles. The van der Waals surface area contributed by atoms with Gasteiger partial charge in [0.2, 0.25) is 5.95 Å². The second-order valence-corrected chi connectivity index (χ2v) is 7.07. The van der Waals surface area contributed by atoms with E-state index in [-0.39, 0.29) is 43.5 Å². The third-order valence-corrected chi connectivity index (χ3v) is 5.09. The maximum atomic E-state index is 12.6. The van der Waals surface area contributed by atoms with Crippen molar-refractivity contribution in [3.63, 3.8) is 0 Å². The highest BCUT2D eigenvalue weighted by Gasteiger charge is 2.38. The molecule has 2 aliphatic heterocycles. The van der Waals surface area contributed by atoms with E-state index in [9.17, 15) is 18.0 Å². The first-order valence-corrected chi connectivity index (χ1v) is 9.22. The molecule has 2 atom stereocenters. The second-order valence-electron chi connectivity index (χ2n) is 7.07. The lowest BCUT2D eigenvalue weighted by atomic mass is 10.0. The molecule has 3 N–H and O–H groups in total. The number of nitrogens with zero attached hydrogens (tertiary/aromatic N) is 4. The molecule has 0 unspecified atom stereocenters. The van der Waals surface area contributed by atoms with Gasteiger partial charge in [-0.15, -0.1) is 12.4 Å². The fourth-order valence-electron chi connectivity index (χ4n) is 3.49. The average molecular weight is 440 g/mol. The molecular weight excluding hydrogens is 415 g/mol. The quantitative estimate of drug-likeness (QED) is 0.676. The molecule has 1 amide bonds. The summed E-state index contributed by atoms with van der Waals surface area (Å²) in [5.41, 5.74) is 4.72. The van der Waals surface area contributed by atoms with E-state index in [0.717, 1.165) is 12.4 Å². The standard InChI is InChI=1S/C17H24F3N5O3.ClH/c18-17(19,20)11-7-22-16(23-8-11)24-4-1-13(2-5-24)25-6-3-14(15(25)27)28-10-12(21)9-26;/h7-8,12-14,26H,1-6,9-10,21H2;1H/t12-,14+;/m0./s1. The van der Waals surface area contributed by atoms with Crippen LogP contribution in [0.2, 0.25) is 0 Å². The number of aromatic nitrogens is 2. The van der Waals surface area contributed by atoms with E-state index < -0.39 is 23.9 Å². The Labute approximate surface area is 172 Å². The summed E-state index contributed by atoms with van der Waals surface area (Å²) in [5, 5.41) is 8.93. The molecule has 2 fully saturated rings. The predicted octanol–water partition coefficient (Wildman–Crippen LogP) is 0.823. The van der Waals surface area contributed by atoms with Crippen LogP contribution in [0.4, 0.5) is 19.1 Å². The van der Waals surface area contributed by atoms with E-state index in [4.69, 9.17) is 15.6 Å². The number of likely N-dealkylation sites (tertiary alicyclic amines) is 1. The molecule has 8 nitrogen and oxygen atoms in total. The Bertz CT molecular complexity index is 671. The highest BCUT2D eigenvalue weighted by atomic mass is 35.5. The number of carbonyl (C=O) groups excluding carboxylic acids is 1. The molecule has 29 heavy (non-hydrogen) atoms. The number of hydrogen-bond acceptors (Lipinski definition) is 7. The molecule has 1 aromatic rings. The van der Waals surface area contributed by atoms with Crippen LogP contribution in [0.3, 0.4) is 0 Å². The summed E-state index contributed by atoms with van der Waals surface area (Å²) in [6.45, 7) is 1.64. The predicted molar refractivity (Wildman–Crippen MR) is 101 cm³/mol. The van der Waals surface area contributed by atoms with E-state index in [1.54, 1.807) is 4.90 Å². The maximum absolute atomic E-state index is 12.6. The Morgan fingerprint density at radius 1 is 1.21 bits per heavy atom. The first-order valence-electron chi connectivity index (χ1n) is 9.22. The van der Waals surface area contributed by atoms with E-state index >= 15 is 0 Å². The van der Waals surface area contributed by atoms with E-state index in [0.29, 0.717) is 38.9 Å². The fourth-order valence-corrected chi connectivity index (χ4v) is 3.49. The van der Waals surface area contributed by atoms with Gasteiger partial charge in [0, 0.05) is 44.5 Å². The van der Waals surface area contributed by atoms with Gasteiger partial charge in [0.05, 0.1) is 24.8 Å². The summed E-state index contributed by atoms with van der Waals surface area (Å²) < 4.78 is 43.4. The van der Waals surface area contributed by atoms with Gasteiger partial charge >= 0.3 is 6.18 Å². The Balaban J connectivity index is 0.00000300. The van der Waals surface area contributed by atoms with Crippen LogP contribution in [0.1, 0.15) is 24.8 Å². The molecule has 164 valence electrons. The topological polar surface area (TPSA) is 105 Å². The largest absolute Gasteiger partial charge is 0.419 e. The molecule has 0 aliphatic carbocycles. The number of aliphatic hydroxyl groups is 1. The van der Waals surface area contributed by atoms with Crippen molar-refractivity contribution in [1.82, 2.24) is 14.9 Å². The lowest BCUT2D eigenvalue weighted by Gasteiger charge is -2.36. The van der Waals surface area contributed by atoms with Crippen LogP contribution in [0.25, 0.3) is 0 Å². The first-order chi connectivity index (χ1) is 13.3. The first kappa shape index (κ1) is 23.6. The van der Waals surface area contributed by atoms with Crippen molar-refractivity contribution < 1.29 is 27.8 Å². The van der Waals surface area contributed by atoms with Crippen molar-refractivity contribution in [3.05, 3.63) is 18.0 Å². The Morgan fingerprint density at radius 3 is 2.38 bits per heavy atom. The van der Waals surface area contributed by atoms with Gasteiger partial charge in [0.1, 0.15) is 6.10 Å². The number of alkyl halides is 3. The number of nitrogens with two attached hydrogens (primary N) is 1. The van der Waals surface area contributed by atoms with Crippen molar-refractivity contribution in [3.8, 4) is 0 Å². The SMILES string of the molecule is Cl.N[C@@H](CO)CO[C@@H]1CCN(C2CCN(c3ncc(C(F)(F)F)cn3)CC2)C1=O. The fraction of sp³-hybridized carbons (Fsp3) is 0.706. The molecule has 2 aliphatic rings. The van der Waals surface area contributed by atoms with Gasteiger partial charge in [0.15, 0.2) is 0 Å². The molecular formula is C17H25ClF3N5O3. The molecule has 1 aromatic heterocycles. The number of carbonyl (C=O) groups is 1. The summed E-state index contributed by atoms with van der Waals surface area (Å²) in [6, 6.07) is -0.452. The lowest BCUT2D eigenvalue weighted by Crippen LogP contribution is -2.47. The minimum absolute atomic E-state index is 0. The Kier molecular flexibility index (Phi) is 8.03. The van der Waals surface area contributed by atoms with Crippen molar-refractivity contribution in [2.75, 3.05) is 37.7 Å². The number of hydrogen-bond donors (Lipinski definition) is 2. The summed E-state index contributed by atoms with van der Waals surface area (Å²) in [6.07, 6.45) is -1.47. The van der Waals surface area contributed by atoms with Crippen LogP contribution in [-0.4, -0.2) is 76.9 Å². The lowest BCUT2D eigenvalue weighted by molar-refractivity contribution is -0.140. The van der Waals surface area contributed by atoms with Gasteiger partial charge in [-0.05, 0) is 12.8 Å². The monoisotopic (exact) mass is 439 g/mol. The minimum Gasteiger partial charge on any atom is -0.395 e. The third kappa shape index (κ3) is 5.68. The number of rotatable bonds is 6. The minimum atomic E-state index is -4.46. The highest BCUT2D eigenvalue weighted by molar-refractivity contribution is 5.85. The van der Waals surface area contributed by atoms with Gasteiger partial charge in [-0.1, -0.05) is 0 Å². The van der Waals surface area contributed by atoms with E-state index in [1.165, 1.54) is 0 Å². The number of aliphatic hydroxyl groups excluding tert-OH is 1. The summed E-state index contributed by atoms with van der Waals surface area (Å²) in [5.74, 6) is 0.188. The van der Waals surface area contributed by atoms with Gasteiger partial charge < -0.3 is 25.4 Å². The molecule has 0 spiro atoms. The summed E-state index contributed by atoms with van der Waals surface area (Å²) in [4.78, 5) is 23.8. The second kappa shape index (κ2) is 9.88. The number of halogens is 4. The van der Waals surface area contributed by atoms with Gasteiger partial charge in [-0.2, -0.15) is 13.2 Å². The smallest absolute Gasteiger partial charge is 0.395 e. The maximum Gasteiger partial charge on any atom is 0.419 e. The molecule has 2 saturated heterocycles. The third-order valence-electron chi connectivity index (χ3n) is 5.09. The zero-order chi connectivity index (χ0) is 20.3. The molecule has 12 heteroatoms. The van der Waals surface area contributed by atoms with Crippen LogP contribution in [0, 0.1) is 0 Å². The van der Waals surface area contributed by atoms with Gasteiger partial charge in [0.25, 0.3) is 5.91 Å². The van der Waals surface area contributed by atoms with Crippen LogP contribution < -0.4 is 10.6 Å². The summed E-state index contributed by atoms with van der Waals surface area (Å²) >= 11 is 0.